The summed E-state index contributed by atoms with van der Waals surface area (Å²) in [6.07, 6.45) is 0.768. The lowest BCUT2D eigenvalue weighted by molar-refractivity contribution is -0.157. The Balaban J connectivity index is 1.41. The minimum Gasteiger partial charge on any atom is -0.482 e. The quantitative estimate of drug-likeness (QED) is 0.301. The molecular formula is C34H39N3O7. The summed E-state index contributed by atoms with van der Waals surface area (Å²) in [5.41, 5.74) is 1.50. The van der Waals surface area contributed by atoms with Gasteiger partial charge in [-0.05, 0) is 56.9 Å². The minimum absolute atomic E-state index is 0.101. The second-order valence-corrected chi connectivity index (χ2v) is 11.5. The van der Waals surface area contributed by atoms with Crippen LogP contribution in [0.2, 0.25) is 0 Å². The molecule has 0 bridgehead atoms. The molecule has 0 aliphatic carbocycles. The van der Waals surface area contributed by atoms with Crippen LogP contribution in [0.15, 0.2) is 84.9 Å². The smallest absolute Gasteiger partial charge is 0.410 e. The van der Waals surface area contributed by atoms with Gasteiger partial charge in [0.25, 0.3) is 0 Å². The predicted octanol–water partition coefficient (Wildman–Crippen LogP) is 4.87. The first-order chi connectivity index (χ1) is 21.1. The van der Waals surface area contributed by atoms with E-state index in [4.69, 9.17) is 14.2 Å². The average molecular weight is 602 g/mol. The number of anilines is 1. The molecule has 3 aromatic rings. The Bertz CT molecular complexity index is 1420. The molecule has 10 nitrogen and oxygen atoms in total. The van der Waals surface area contributed by atoms with Crippen molar-refractivity contribution in [1.29, 1.82) is 0 Å². The minimum atomic E-state index is -0.931. The molecule has 4 rings (SSSR count). The highest BCUT2D eigenvalue weighted by atomic mass is 16.6. The summed E-state index contributed by atoms with van der Waals surface area (Å²) in [6.45, 7) is 5.52. The van der Waals surface area contributed by atoms with E-state index in [-0.39, 0.29) is 19.6 Å². The molecule has 0 unspecified atom stereocenters. The van der Waals surface area contributed by atoms with Crippen molar-refractivity contribution < 1.29 is 33.4 Å². The maximum absolute atomic E-state index is 13.5. The molecule has 2 N–H and O–H groups in total. The highest BCUT2D eigenvalue weighted by Gasteiger charge is 2.37. The Morgan fingerprint density at radius 3 is 2.27 bits per heavy atom. The van der Waals surface area contributed by atoms with E-state index in [1.807, 2.05) is 60.7 Å². The summed E-state index contributed by atoms with van der Waals surface area (Å²) in [4.78, 5) is 53.4. The first-order valence-electron chi connectivity index (χ1n) is 14.6. The normalized spacial score (nSPS) is 15.2. The number of ether oxygens (including phenoxy) is 3. The summed E-state index contributed by atoms with van der Waals surface area (Å²) in [5.74, 6) is -1.01. The predicted molar refractivity (Wildman–Crippen MR) is 165 cm³/mol. The lowest BCUT2D eigenvalue weighted by Gasteiger charge is -2.26. The van der Waals surface area contributed by atoms with Crippen LogP contribution < -0.4 is 15.4 Å². The first-order valence-corrected chi connectivity index (χ1v) is 14.6. The van der Waals surface area contributed by atoms with Gasteiger partial charge in [-0.25, -0.2) is 9.59 Å². The molecule has 3 aromatic carbocycles. The Hall–Kier alpha value is -4.86. The van der Waals surface area contributed by atoms with Crippen molar-refractivity contribution in [2.75, 3.05) is 18.5 Å². The van der Waals surface area contributed by atoms with Gasteiger partial charge in [0.1, 0.15) is 30.0 Å². The Labute approximate surface area is 257 Å². The molecule has 1 heterocycles. The van der Waals surface area contributed by atoms with Crippen molar-refractivity contribution >= 4 is 29.6 Å². The zero-order chi connectivity index (χ0) is 31.5. The maximum atomic E-state index is 13.5. The van der Waals surface area contributed by atoms with Crippen molar-refractivity contribution in [2.24, 2.45) is 0 Å². The third-order valence-corrected chi connectivity index (χ3v) is 6.79. The summed E-state index contributed by atoms with van der Waals surface area (Å²) in [6, 6.07) is 23.6. The van der Waals surface area contributed by atoms with E-state index in [9.17, 15) is 19.2 Å². The van der Waals surface area contributed by atoms with Gasteiger partial charge in [0.15, 0.2) is 6.61 Å². The van der Waals surface area contributed by atoms with Crippen LogP contribution in [0.5, 0.6) is 5.75 Å². The number of hydrogen-bond donors (Lipinski definition) is 2. The molecule has 1 aliphatic heterocycles. The van der Waals surface area contributed by atoms with E-state index in [1.54, 1.807) is 45.0 Å². The van der Waals surface area contributed by atoms with Crippen LogP contribution in [0.4, 0.5) is 10.5 Å². The molecule has 0 saturated carbocycles. The fourth-order valence-corrected chi connectivity index (χ4v) is 4.79. The van der Waals surface area contributed by atoms with Crippen molar-refractivity contribution in [3.8, 4) is 5.75 Å². The molecule has 0 aromatic heterocycles. The average Bonchev–Trinajstić information content (AvgIpc) is 3.49. The number of esters is 1. The molecule has 2 atom stereocenters. The summed E-state index contributed by atoms with van der Waals surface area (Å²) < 4.78 is 16.3. The Morgan fingerprint density at radius 2 is 1.59 bits per heavy atom. The number of carbonyl (C=O) groups is 4. The van der Waals surface area contributed by atoms with Gasteiger partial charge in [-0.1, -0.05) is 66.7 Å². The number of carbonyl (C=O) groups excluding carboxylic acids is 4. The Kier molecular flexibility index (Phi) is 11.0. The van der Waals surface area contributed by atoms with E-state index >= 15 is 0 Å². The summed E-state index contributed by atoms with van der Waals surface area (Å²) >= 11 is 0. The van der Waals surface area contributed by atoms with Crippen LogP contribution in [0, 0.1) is 0 Å². The van der Waals surface area contributed by atoms with Gasteiger partial charge in [-0.3, -0.25) is 14.5 Å². The van der Waals surface area contributed by atoms with E-state index in [0.717, 1.165) is 11.1 Å². The lowest BCUT2D eigenvalue weighted by Crippen LogP contribution is -2.52. The number of nitrogens with zero attached hydrogens (tertiary/aromatic N) is 1. The van der Waals surface area contributed by atoms with Gasteiger partial charge in [0, 0.05) is 24.7 Å². The third-order valence-electron chi connectivity index (χ3n) is 6.79. The molecule has 1 aliphatic rings. The second kappa shape index (κ2) is 15.0. The largest absolute Gasteiger partial charge is 0.482 e. The number of hydrogen-bond acceptors (Lipinski definition) is 7. The fraction of sp³-hybridized carbons (Fsp3) is 0.353. The highest BCUT2D eigenvalue weighted by Crippen LogP contribution is 2.21. The van der Waals surface area contributed by atoms with E-state index in [2.05, 4.69) is 10.6 Å². The maximum Gasteiger partial charge on any atom is 0.410 e. The van der Waals surface area contributed by atoms with Gasteiger partial charge in [0.2, 0.25) is 11.8 Å². The number of benzene rings is 3. The standard InChI is InChI=1S/C34H39N3O7/c1-34(2,3)44-30(38)23-42-27-17-10-16-26(21-27)35-31(39)28(20-24-12-6-4-7-13-24)36-32(40)29-18-11-19-37(29)33(41)43-22-25-14-8-5-9-15-25/h4-10,12-17,21,28-29H,11,18-20,22-23H2,1-3H3,(H,35,39)(H,36,40)/t28-,29+/m1/s1. The van der Waals surface area contributed by atoms with E-state index < -0.39 is 41.6 Å². The van der Waals surface area contributed by atoms with Crippen molar-refractivity contribution in [1.82, 2.24) is 10.2 Å². The highest BCUT2D eigenvalue weighted by molar-refractivity contribution is 5.98. The molecular weight excluding hydrogens is 562 g/mol. The van der Waals surface area contributed by atoms with Gasteiger partial charge in [-0.2, -0.15) is 0 Å². The number of rotatable bonds is 11. The van der Waals surface area contributed by atoms with Crippen molar-refractivity contribution in [3.05, 3.63) is 96.1 Å². The van der Waals surface area contributed by atoms with Gasteiger partial charge in [0.05, 0.1) is 0 Å². The van der Waals surface area contributed by atoms with E-state index in [0.29, 0.717) is 30.8 Å². The van der Waals surface area contributed by atoms with Crippen LogP contribution in [-0.4, -0.2) is 59.6 Å². The number of amides is 3. The molecule has 1 saturated heterocycles. The molecule has 10 heteroatoms. The van der Waals surface area contributed by atoms with Crippen LogP contribution in [-0.2, 0) is 36.9 Å². The van der Waals surface area contributed by atoms with Crippen molar-refractivity contribution in [2.45, 2.75) is 64.3 Å². The number of nitrogens with one attached hydrogen (secondary N) is 2. The van der Waals surface area contributed by atoms with Gasteiger partial charge < -0.3 is 24.8 Å². The molecule has 3 amide bonds. The SMILES string of the molecule is CC(C)(C)OC(=O)COc1cccc(NC(=O)[C@@H](Cc2ccccc2)NC(=O)[C@@H]2CCCN2C(=O)OCc2ccccc2)c1. The van der Waals surface area contributed by atoms with Crippen LogP contribution >= 0.6 is 0 Å². The van der Waals surface area contributed by atoms with E-state index in [1.165, 1.54) is 4.90 Å². The molecule has 0 spiro atoms. The summed E-state index contributed by atoms with van der Waals surface area (Å²) in [5, 5.41) is 5.71. The monoisotopic (exact) mass is 601 g/mol. The van der Waals surface area contributed by atoms with Crippen molar-refractivity contribution in [3.63, 3.8) is 0 Å². The lowest BCUT2D eigenvalue weighted by atomic mass is 10.0. The molecule has 232 valence electrons. The zero-order valence-corrected chi connectivity index (χ0v) is 25.3. The zero-order valence-electron chi connectivity index (χ0n) is 25.3. The molecule has 44 heavy (non-hydrogen) atoms. The van der Waals surface area contributed by atoms with Crippen LogP contribution in [0.25, 0.3) is 0 Å². The Morgan fingerprint density at radius 1 is 0.909 bits per heavy atom. The fourth-order valence-electron chi connectivity index (χ4n) is 4.79. The number of likely N-dealkylation sites (tertiary alicyclic amines) is 1. The van der Waals surface area contributed by atoms with Crippen LogP contribution in [0.3, 0.4) is 0 Å². The second-order valence-electron chi connectivity index (χ2n) is 11.5. The summed E-state index contributed by atoms with van der Waals surface area (Å²) in [7, 11) is 0. The van der Waals surface area contributed by atoms with Gasteiger partial charge >= 0.3 is 12.1 Å². The molecule has 1 fully saturated rings. The topological polar surface area (TPSA) is 123 Å². The molecule has 0 radical (unpaired) electrons. The van der Waals surface area contributed by atoms with Crippen LogP contribution in [0.1, 0.15) is 44.7 Å². The first kappa shape index (κ1) is 32.1. The van der Waals surface area contributed by atoms with Gasteiger partial charge in [-0.15, -0.1) is 0 Å². The third kappa shape index (κ3) is 9.86.